The van der Waals surface area contributed by atoms with Gasteiger partial charge >= 0.3 is 0 Å². The van der Waals surface area contributed by atoms with Crippen molar-refractivity contribution < 1.29 is 0 Å². The zero-order chi connectivity index (χ0) is 86.9. The Balaban J connectivity index is 0.540. The lowest BCUT2D eigenvalue weighted by atomic mass is 9.91. The summed E-state index contributed by atoms with van der Waals surface area (Å²) in [5.41, 5.74) is 36.8. The lowest BCUT2D eigenvalue weighted by molar-refractivity contribution is 1.01. The molecule has 132 heavy (non-hydrogen) atoms. The van der Waals surface area contributed by atoms with Crippen LogP contribution in [0.3, 0.4) is 0 Å². The van der Waals surface area contributed by atoms with Crippen LogP contribution < -0.4 is 0 Å². The smallest absolute Gasteiger partial charge is 0.235 e. The van der Waals surface area contributed by atoms with Crippen LogP contribution in [0.15, 0.2) is 473 Å². The monoisotopic (exact) mass is 1680 g/mol. The predicted molar refractivity (Wildman–Crippen MR) is 550 cm³/mol. The second-order valence-corrected chi connectivity index (χ2v) is 34.4. The third kappa shape index (κ3) is 12.9. The molecule has 26 aromatic rings. The van der Waals surface area contributed by atoms with Crippen molar-refractivity contribution in [3.05, 3.63) is 473 Å². The molecule has 6 heterocycles. The molecule has 0 amide bonds. The highest BCUT2D eigenvalue weighted by Gasteiger charge is 2.25. The summed E-state index contributed by atoms with van der Waals surface area (Å²) in [6.45, 7) is 0. The second-order valence-electron chi connectivity index (χ2n) is 34.4. The van der Waals surface area contributed by atoms with Gasteiger partial charge in [-0.3, -0.25) is 9.13 Å². The molecule has 614 valence electrons. The Kier molecular flexibility index (Phi) is 17.8. The fourth-order valence-electron chi connectivity index (χ4n) is 20.5. The van der Waals surface area contributed by atoms with Crippen molar-refractivity contribution in [1.29, 1.82) is 0 Å². The van der Waals surface area contributed by atoms with Gasteiger partial charge in [-0.25, -0.2) is 19.9 Å². The van der Waals surface area contributed by atoms with Gasteiger partial charge in [0, 0.05) is 76.4 Å². The van der Waals surface area contributed by atoms with Gasteiger partial charge in [0.1, 0.15) is 0 Å². The molecule has 26 rings (SSSR count). The van der Waals surface area contributed by atoms with Gasteiger partial charge in [0.25, 0.3) is 0 Å². The van der Waals surface area contributed by atoms with E-state index in [0.29, 0.717) is 11.9 Å². The molecule has 0 fully saturated rings. The van der Waals surface area contributed by atoms with Gasteiger partial charge in [0.2, 0.25) is 11.9 Å². The van der Waals surface area contributed by atoms with E-state index in [1.165, 1.54) is 43.7 Å². The van der Waals surface area contributed by atoms with E-state index in [9.17, 15) is 0 Å². The molecule has 0 bridgehead atoms. The van der Waals surface area contributed by atoms with Crippen LogP contribution in [0.2, 0.25) is 0 Å². The molecule has 0 saturated heterocycles. The fraction of sp³-hybridized carbons (Fsp3) is 0. The molecule has 0 N–H and O–H groups in total. The molecule has 8 heteroatoms. The molecule has 0 aliphatic rings. The van der Waals surface area contributed by atoms with Crippen LogP contribution in [0.5, 0.6) is 0 Å². The van der Waals surface area contributed by atoms with Crippen LogP contribution >= 0.6 is 0 Å². The van der Waals surface area contributed by atoms with Gasteiger partial charge in [0.05, 0.1) is 66.6 Å². The number of aromatic nitrogens is 8. The molecule has 0 aliphatic carbocycles. The minimum absolute atomic E-state index is 0.612. The minimum atomic E-state index is 0.612. The first-order chi connectivity index (χ1) is 65.4. The van der Waals surface area contributed by atoms with E-state index in [0.717, 1.165) is 199 Å². The second kappa shape index (κ2) is 31.1. The predicted octanol–water partition coefficient (Wildman–Crippen LogP) is 32.3. The summed E-state index contributed by atoms with van der Waals surface area (Å²) in [5, 5.41) is 11.3. The topological polar surface area (TPSA) is 71.3 Å². The molecular formula is C124H78N8. The van der Waals surface area contributed by atoms with E-state index in [4.69, 9.17) is 19.9 Å². The summed E-state index contributed by atoms with van der Waals surface area (Å²) in [6, 6.07) is 172. The fourth-order valence-corrected chi connectivity index (χ4v) is 20.5. The van der Waals surface area contributed by atoms with Gasteiger partial charge in [-0.05, 0) is 264 Å². The van der Waals surface area contributed by atoms with E-state index >= 15 is 0 Å². The Morgan fingerprint density at radius 2 is 0.356 bits per heavy atom. The Labute approximate surface area is 761 Å². The van der Waals surface area contributed by atoms with E-state index in [2.05, 4.69) is 491 Å². The molecule has 0 atom stereocenters. The van der Waals surface area contributed by atoms with E-state index < -0.39 is 0 Å². The highest BCUT2D eigenvalue weighted by Crippen LogP contribution is 2.46. The summed E-state index contributed by atoms with van der Waals surface area (Å²) >= 11 is 0. The number of para-hydroxylation sites is 7. The van der Waals surface area contributed by atoms with Crippen molar-refractivity contribution in [2.75, 3.05) is 0 Å². The lowest BCUT2D eigenvalue weighted by Gasteiger charge is -2.14. The van der Waals surface area contributed by atoms with Gasteiger partial charge in [-0.15, -0.1) is 0 Å². The number of hydrogen-bond acceptors (Lipinski definition) is 4. The number of nitrogens with zero attached hydrogens (tertiary/aromatic N) is 8. The number of hydrogen-bond donors (Lipinski definition) is 0. The number of fused-ring (bicyclic) bond motifs is 14. The van der Waals surface area contributed by atoms with Gasteiger partial charge < -0.3 is 9.13 Å². The first-order valence-corrected chi connectivity index (χ1v) is 45.0. The highest BCUT2D eigenvalue weighted by atomic mass is 15.2. The lowest BCUT2D eigenvalue weighted by Crippen LogP contribution is -2.03. The normalized spacial score (nSPS) is 11.8. The molecule has 20 aromatic carbocycles. The maximum Gasteiger partial charge on any atom is 0.235 e. The third-order valence-corrected chi connectivity index (χ3v) is 26.7. The Bertz CT molecular complexity index is 9080. The summed E-state index contributed by atoms with van der Waals surface area (Å²) in [6.07, 6.45) is 0. The van der Waals surface area contributed by atoms with Crippen LogP contribution in [-0.2, 0) is 0 Å². The summed E-state index contributed by atoms with van der Waals surface area (Å²) < 4.78 is 9.31. The summed E-state index contributed by atoms with van der Waals surface area (Å²) in [7, 11) is 0. The third-order valence-electron chi connectivity index (χ3n) is 26.7. The quantitative estimate of drug-likeness (QED) is 0.103. The molecule has 0 saturated carbocycles. The average molecular weight is 1680 g/mol. The van der Waals surface area contributed by atoms with Crippen molar-refractivity contribution in [1.82, 2.24) is 38.2 Å². The molecule has 0 aliphatic heterocycles. The van der Waals surface area contributed by atoms with Crippen molar-refractivity contribution in [2.45, 2.75) is 0 Å². The maximum absolute atomic E-state index is 5.66. The first-order valence-electron chi connectivity index (χ1n) is 45.0. The zero-order valence-electron chi connectivity index (χ0n) is 71.6. The maximum atomic E-state index is 5.66. The number of rotatable bonds is 15. The molecule has 0 unspecified atom stereocenters. The Morgan fingerprint density at radius 1 is 0.121 bits per heavy atom. The molecular weight excluding hydrogens is 1600 g/mol. The molecule has 8 nitrogen and oxygen atoms in total. The SMILES string of the molecule is c1ccc(-c2cc(-c3cccc(-c4ccc5c6cc(-c7ccc8c(c7)c7ccccc7n8-c7nc(-c8cccc(-c9cc(-c%10ccccc%10)cc(-c%10ccccc%10)c9)c8)c8ccccc8n7)ccc6n(-c6ccccc6)c5c4)c3)cc(-c3cccc(-c4nc(-n5c6ccccc6c6cc(-c7ccc8c(c7)c7ccccc7n8-c7ccccc7)ccc65)nc5ccccc45)c3)c2)cc1. The van der Waals surface area contributed by atoms with Crippen molar-refractivity contribution >= 4 is 109 Å². The van der Waals surface area contributed by atoms with E-state index in [1.807, 2.05) is 0 Å². The highest BCUT2D eigenvalue weighted by molar-refractivity contribution is 6.16. The van der Waals surface area contributed by atoms with Crippen LogP contribution in [0, 0.1) is 0 Å². The zero-order valence-corrected chi connectivity index (χ0v) is 71.6. The van der Waals surface area contributed by atoms with E-state index in [-0.39, 0.29) is 0 Å². The average Bonchev–Trinajstić information content (AvgIpc) is 1.58. The van der Waals surface area contributed by atoms with Crippen molar-refractivity contribution in [3.8, 4) is 146 Å². The van der Waals surface area contributed by atoms with Crippen molar-refractivity contribution in [2.24, 2.45) is 0 Å². The van der Waals surface area contributed by atoms with Gasteiger partial charge in [0.15, 0.2) is 0 Å². The van der Waals surface area contributed by atoms with Crippen molar-refractivity contribution in [3.63, 3.8) is 0 Å². The van der Waals surface area contributed by atoms with Gasteiger partial charge in [-0.1, -0.05) is 309 Å². The summed E-state index contributed by atoms with van der Waals surface area (Å²) in [5.74, 6) is 1.23. The standard InChI is InChI=1S/C124H78N8/c1-6-29-79(30-7-1)93-68-94(80-31-8-2-9-32-80)70-96(69-93)84-37-27-39-91(66-84)121-105-48-16-21-50-111(105)125-123(127-121)132-115-54-25-20-47-103(115)109-76-89(59-64-119(109)132)87-57-62-117-110(77-87)104-60-55-90(78-120(104)130(117)100-43-14-5-15-44-100)82-35-26-36-83(65-82)97-71-95(81-33-10-3-11-34-81)72-98(73-97)85-38-28-40-92(67-85)122-106-49-17-22-51-112(106)126-124(128-122)131-114-53-24-19-46-102(114)108-75-88(58-63-118(108)131)86-56-61-116-107(74-86)101-45-18-23-52-113(101)129(116)99-41-12-4-13-42-99/h1-78H. The first kappa shape index (κ1) is 75.6. The largest absolute Gasteiger partial charge is 0.309 e. The van der Waals surface area contributed by atoms with Crippen LogP contribution in [-0.4, -0.2) is 38.2 Å². The van der Waals surface area contributed by atoms with Gasteiger partial charge in [-0.2, -0.15) is 0 Å². The Hall–Kier alpha value is -17.7. The Morgan fingerprint density at radius 3 is 0.735 bits per heavy atom. The molecule has 0 radical (unpaired) electrons. The molecule has 6 aromatic heterocycles. The van der Waals surface area contributed by atoms with Crippen LogP contribution in [0.1, 0.15) is 0 Å². The summed E-state index contributed by atoms with van der Waals surface area (Å²) in [4.78, 5) is 22.1. The molecule has 0 spiro atoms. The number of benzene rings is 20. The van der Waals surface area contributed by atoms with Crippen LogP contribution in [0.25, 0.3) is 255 Å². The van der Waals surface area contributed by atoms with E-state index in [1.54, 1.807) is 0 Å². The minimum Gasteiger partial charge on any atom is -0.309 e. The van der Waals surface area contributed by atoms with Crippen LogP contribution in [0.4, 0.5) is 0 Å².